The SMILES string of the molecule is CO[C@@H]1C[C@@H](c2nnc3cnccn23)N(C(=O)c2cc(Cl)nc(Cl)c2)C1. The minimum absolute atomic E-state index is 0.106. The Morgan fingerprint density at radius 2 is 2.04 bits per heavy atom. The summed E-state index contributed by atoms with van der Waals surface area (Å²) in [6.07, 6.45) is 5.54. The highest BCUT2D eigenvalue weighted by Crippen LogP contribution is 2.34. The maximum Gasteiger partial charge on any atom is 0.254 e. The number of carbonyl (C=O) groups is 1. The summed E-state index contributed by atoms with van der Waals surface area (Å²) >= 11 is 11.9. The molecule has 0 saturated carbocycles. The van der Waals surface area contributed by atoms with Gasteiger partial charge in [0.1, 0.15) is 10.3 Å². The van der Waals surface area contributed by atoms with E-state index in [1.54, 1.807) is 30.6 Å². The van der Waals surface area contributed by atoms with E-state index in [1.807, 2.05) is 4.40 Å². The van der Waals surface area contributed by atoms with Crippen molar-refractivity contribution in [3.05, 3.63) is 52.4 Å². The summed E-state index contributed by atoms with van der Waals surface area (Å²) < 4.78 is 7.31. The molecule has 0 spiro atoms. The number of hydrogen-bond donors (Lipinski definition) is 0. The summed E-state index contributed by atoms with van der Waals surface area (Å²) in [4.78, 5) is 22.7. The number of nitrogens with zero attached hydrogens (tertiary/aromatic N) is 6. The van der Waals surface area contributed by atoms with Crippen LogP contribution in [-0.2, 0) is 4.74 Å². The fourth-order valence-electron chi connectivity index (χ4n) is 3.19. The van der Waals surface area contributed by atoms with Gasteiger partial charge in [-0.15, -0.1) is 10.2 Å². The third kappa shape index (κ3) is 3.00. The third-order valence-corrected chi connectivity index (χ3v) is 4.79. The molecule has 1 aliphatic heterocycles. The summed E-state index contributed by atoms with van der Waals surface area (Å²) in [5, 5.41) is 8.73. The van der Waals surface area contributed by atoms with Crippen molar-refractivity contribution in [3.63, 3.8) is 0 Å². The molecule has 4 heterocycles. The molecule has 3 aromatic heterocycles. The molecule has 4 rings (SSSR count). The lowest BCUT2D eigenvalue weighted by Gasteiger charge is -2.23. The molecule has 0 unspecified atom stereocenters. The topological polar surface area (TPSA) is 85.5 Å². The predicted octanol–water partition coefficient (Wildman–Crippen LogP) is 2.43. The van der Waals surface area contributed by atoms with E-state index in [9.17, 15) is 4.79 Å². The average Bonchev–Trinajstić information content (AvgIpc) is 3.24. The molecule has 26 heavy (non-hydrogen) atoms. The molecule has 2 atom stereocenters. The Bertz CT molecular complexity index is 958. The van der Waals surface area contributed by atoms with Gasteiger partial charge in [-0.3, -0.25) is 14.2 Å². The number of pyridine rings is 1. The maximum atomic E-state index is 13.1. The van der Waals surface area contributed by atoms with Crippen LogP contribution in [0.15, 0.2) is 30.7 Å². The second-order valence-corrected chi connectivity index (χ2v) is 6.71. The van der Waals surface area contributed by atoms with Crippen LogP contribution in [0.25, 0.3) is 5.65 Å². The van der Waals surface area contributed by atoms with Gasteiger partial charge in [-0.05, 0) is 12.1 Å². The summed E-state index contributed by atoms with van der Waals surface area (Å²) in [5.74, 6) is 0.438. The molecule has 3 aromatic rings. The van der Waals surface area contributed by atoms with Crippen LogP contribution in [0.3, 0.4) is 0 Å². The molecular weight excluding hydrogens is 379 g/mol. The summed E-state index contributed by atoms with van der Waals surface area (Å²) in [6.45, 7) is 0.428. The van der Waals surface area contributed by atoms with Gasteiger partial charge in [0.2, 0.25) is 0 Å². The van der Waals surface area contributed by atoms with Crippen LogP contribution in [0, 0.1) is 0 Å². The number of amides is 1. The van der Waals surface area contributed by atoms with Crippen LogP contribution in [0.5, 0.6) is 0 Å². The molecule has 10 heteroatoms. The number of carbonyl (C=O) groups excluding carboxylic acids is 1. The van der Waals surface area contributed by atoms with E-state index in [-0.39, 0.29) is 28.4 Å². The Hall–Kier alpha value is -2.29. The van der Waals surface area contributed by atoms with Crippen molar-refractivity contribution in [1.82, 2.24) is 29.5 Å². The molecular formula is C16H14Cl2N6O2. The van der Waals surface area contributed by atoms with Gasteiger partial charge in [0.25, 0.3) is 5.91 Å². The molecule has 134 valence electrons. The molecule has 0 aromatic carbocycles. The van der Waals surface area contributed by atoms with Gasteiger partial charge in [-0.25, -0.2) is 4.98 Å². The van der Waals surface area contributed by atoms with E-state index < -0.39 is 0 Å². The summed E-state index contributed by atoms with van der Waals surface area (Å²) in [7, 11) is 1.63. The van der Waals surface area contributed by atoms with Gasteiger partial charge in [0.15, 0.2) is 11.5 Å². The third-order valence-electron chi connectivity index (χ3n) is 4.41. The van der Waals surface area contributed by atoms with Gasteiger partial charge in [-0.2, -0.15) is 0 Å². The number of rotatable bonds is 3. The van der Waals surface area contributed by atoms with Gasteiger partial charge < -0.3 is 9.64 Å². The van der Waals surface area contributed by atoms with Gasteiger partial charge in [0, 0.05) is 38.0 Å². The molecule has 0 aliphatic carbocycles. The van der Waals surface area contributed by atoms with Crippen molar-refractivity contribution >= 4 is 34.8 Å². The van der Waals surface area contributed by atoms with Crippen molar-refractivity contribution in [2.75, 3.05) is 13.7 Å². The smallest absolute Gasteiger partial charge is 0.254 e. The number of ether oxygens (including phenoxy) is 1. The van der Waals surface area contributed by atoms with Crippen molar-refractivity contribution in [2.24, 2.45) is 0 Å². The highest BCUT2D eigenvalue weighted by atomic mass is 35.5. The molecule has 8 nitrogen and oxygen atoms in total. The number of methoxy groups -OCH3 is 1. The standard InChI is InChI=1S/C16H14Cl2N6O2/c1-26-10-6-11(15-22-21-14-7-19-2-3-23(14)15)24(8-10)16(25)9-4-12(17)20-13(18)5-9/h2-5,7,10-11H,6,8H2,1H3/t10-,11+/m1/s1. The highest BCUT2D eigenvalue weighted by molar-refractivity contribution is 6.33. The zero-order valence-electron chi connectivity index (χ0n) is 13.7. The minimum atomic E-state index is -0.296. The Morgan fingerprint density at radius 1 is 1.27 bits per heavy atom. The van der Waals surface area contributed by atoms with Crippen LogP contribution in [-0.4, -0.2) is 55.1 Å². The van der Waals surface area contributed by atoms with E-state index in [4.69, 9.17) is 27.9 Å². The lowest BCUT2D eigenvalue weighted by atomic mass is 10.1. The highest BCUT2D eigenvalue weighted by Gasteiger charge is 2.39. The van der Waals surface area contributed by atoms with E-state index in [1.165, 1.54) is 12.1 Å². The fraction of sp³-hybridized carbons (Fsp3) is 0.312. The van der Waals surface area contributed by atoms with E-state index in [0.717, 1.165) is 0 Å². The predicted molar refractivity (Wildman–Crippen MR) is 94.2 cm³/mol. The summed E-state index contributed by atoms with van der Waals surface area (Å²) in [5.41, 5.74) is 0.984. The van der Waals surface area contributed by atoms with Crippen molar-refractivity contribution < 1.29 is 9.53 Å². The average molecular weight is 393 g/mol. The number of fused-ring (bicyclic) bond motifs is 1. The van der Waals surface area contributed by atoms with Crippen LogP contribution < -0.4 is 0 Å². The molecule has 0 bridgehead atoms. The van der Waals surface area contributed by atoms with E-state index in [2.05, 4.69) is 20.2 Å². The van der Waals surface area contributed by atoms with Crippen molar-refractivity contribution in [2.45, 2.75) is 18.6 Å². The Labute approximate surface area is 158 Å². The van der Waals surface area contributed by atoms with Crippen LogP contribution in [0.2, 0.25) is 10.3 Å². The number of hydrogen-bond acceptors (Lipinski definition) is 6. The molecule has 1 aliphatic rings. The number of aromatic nitrogens is 5. The van der Waals surface area contributed by atoms with E-state index >= 15 is 0 Å². The number of halogens is 2. The normalized spacial score (nSPS) is 20.0. The first kappa shape index (κ1) is 17.1. The molecule has 1 amide bonds. The maximum absolute atomic E-state index is 13.1. The molecule has 0 N–H and O–H groups in total. The summed E-state index contributed by atoms with van der Waals surface area (Å²) in [6, 6.07) is 2.70. The Balaban J connectivity index is 1.74. The van der Waals surface area contributed by atoms with Gasteiger partial charge in [-0.1, -0.05) is 23.2 Å². The second-order valence-electron chi connectivity index (χ2n) is 5.93. The van der Waals surface area contributed by atoms with Gasteiger partial charge in [0.05, 0.1) is 18.3 Å². The van der Waals surface area contributed by atoms with Crippen LogP contribution in [0.1, 0.15) is 28.6 Å². The zero-order valence-corrected chi connectivity index (χ0v) is 15.2. The Kier molecular flexibility index (Phi) is 4.47. The van der Waals surface area contributed by atoms with Crippen molar-refractivity contribution in [1.29, 1.82) is 0 Å². The molecule has 1 fully saturated rings. The minimum Gasteiger partial charge on any atom is -0.380 e. The molecule has 0 radical (unpaired) electrons. The monoisotopic (exact) mass is 392 g/mol. The van der Waals surface area contributed by atoms with E-state index in [0.29, 0.717) is 30.0 Å². The van der Waals surface area contributed by atoms with Crippen LogP contribution >= 0.6 is 23.2 Å². The largest absolute Gasteiger partial charge is 0.380 e. The first-order valence-corrected chi connectivity index (χ1v) is 8.64. The zero-order chi connectivity index (χ0) is 18.3. The lowest BCUT2D eigenvalue weighted by molar-refractivity contribution is 0.0683. The lowest BCUT2D eigenvalue weighted by Crippen LogP contribution is -2.32. The quantitative estimate of drug-likeness (QED) is 0.636. The Morgan fingerprint density at radius 3 is 2.77 bits per heavy atom. The van der Waals surface area contributed by atoms with Gasteiger partial charge >= 0.3 is 0 Å². The first-order valence-electron chi connectivity index (χ1n) is 7.88. The van der Waals surface area contributed by atoms with Crippen molar-refractivity contribution in [3.8, 4) is 0 Å². The van der Waals surface area contributed by atoms with Crippen LogP contribution in [0.4, 0.5) is 0 Å². The number of likely N-dealkylation sites (tertiary alicyclic amines) is 1. The fourth-order valence-corrected chi connectivity index (χ4v) is 3.65. The molecule has 1 saturated heterocycles. The second kappa shape index (κ2) is 6.79. The first-order chi connectivity index (χ1) is 12.6.